The number of likely N-dealkylation sites (tertiary alicyclic amines) is 1. The van der Waals surface area contributed by atoms with Gasteiger partial charge in [0.05, 0.1) is 6.54 Å². The standard InChI is InChI=1S/C16H22N4O.HI/c1-19-10-8-17-16(19)18-11-13-4-6-14(7-5-13)12-20-9-2-3-15(20)21;/h4-7H,2-3,8-12H2,1H3,(H,17,18);1H. The molecule has 1 aromatic carbocycles. The molecule has 1 fully saturated rings. The molecule has 2 aliphatic rings. The van der Waals surface area contributed by atoms with Crippen LogP contribution < -0.4 is 5.32 Å². The van der Waals surface area contributed by atoms with E-state index in [1.54, 1.807) is 0 Å². The number of nitrogens with zero attached hydrogens (tertiary/aromatic N) is 3. The van der Waals surface area contributed by atoms with E-state index in [0.717, 1.165) is 45.1 Å². The monoisotopic (exact) mass is 414 g/mol. The Kier molecular flexibility index (Phi) is 6.05. The number of carbonyl (C=O) groups excluding carboxylic acids is 1. The van der Waals surface area contributed by atoms with E-state index in [4.69, 9.17) is 0 Å². The second-order valence-electron chi connectivity index (χ2n) is 5.72. The van der Waals surface area contributed by atoms with Gasteiger partial charge in [-0.05, 0) is 17.5 Å². The SMILES string of the molecule is CN1CCN=C1NCc1ccc(CN2CCCC2=O)cc1.I. The van der Waals surface area contributed by atoms with Gasteiger partial charge >= 0.3 is 0 Å². The first-order valence-corrected chi connectivity index (χ1v) is 7.57. The molecule has 0 atom stereocenters. The lowest BCUT2D eigenvalue weighted by Gasteiger charge is -2.17. The number of rotatable bonds is 4. The van der Waals surface area contributed by atoms with E-state index in [2.05, 4.69) is 46.5 Å². The third-order valence-corrected chi connectivity index (χ3v) is 4.08. The summed E-state index contributed by atoms with van der Waals surface area (Å²) in [5.74, 6) is 1.25. The van der Waals surface area contributed by atoms with Crippen LogP contribution in [0.2, 0.25) is 0 Å². The maximum absolute atomic E-state index is 11.6. The summed E-state index contributed by atoms with van der Waals surface area (Å²) in [7, 11) is 2.05. The number of amides is 1. The van der Waals surface area contributed by atoms with E-state index >= 15 is 0 Å². The van der Waals surface area contributed by atoms with Crippen LogP contribution in [0.4, 0.5) is 0 Å². The molecule has 5 nitrogen and oxygen atoms in total. The number of nitrogens with one attached hydrogen (secondary N) is 1. The minimum atomic E-state index is 0. The number of guanidine groups is 1. The first-order chi connectivity index (χ1) is 10.2. The topological polar surface area (TPSA) is 47.9 Å². The number of hydrogen-bond donors (Lipinski definition) is 1. The van der Waals surface area contributed by atoms with Crippen LogP contribution in [0, 0.1) is 0 Å². The smallest absolute Gasteiger partial charge is 0.222 e. The lowest BCUT2D eigenvalue weighted by Crippen LogP contribution is -2.35. The summed E-state index contributed by atoms with van der Waals surface area (Å²) in [6.07, 6.45) is 1.70. The molecular formula is C16H23IN4O. The largest absolute Gasteiger partial charge is 0.352 e. The van der Waals surface area contributed by atoms with Crippen LogP contribution >= 0.6 is 24.0 Å². The van der Waals surface area contributed by atoms with Crippen molar-refractivity contribution in [3.63, 3.8) is 0 Å². The molecule has 0 spiro atoms. The fraction of sp³-hybridized carbons (Fsp3) is 0.500. The van der Waals surface area contributed by atoms with Crippen molar-refractivity contribution < 1.29 is 4.79 Å². The highest BCUT2D eigenvalue weighted by Crippen LogP contribution is 2.14. The van der Waals surface area contributed by atoms with Gasteiger partial charge in [-0.15, -0.1) is 24.0 Å². The molecule has 0 radical (unpaired) electrons. The molecule has 3 rings (SSSR count). The number of halogens is 1. The number of aliphatic imine (C=N–C) groups is 1. The number of likely N-dealkylation sites (N-methyl/N-ethyl adjacent to an activating group) is 1. The van der Waals surface area contributed by atoms with E-state index in [1.807, 2.05) is 4.90 Å². The fourth-order valence-electron chi connectivity index (χ4n) is 2.76. The normalized spacial score (nSPS) is 17.5. The fourth-order valence-corrected chi connectivity index (χ4v) is 2.76. The maximum atomic E-state index is 11.6. The van der Waals surface area contributed by atoms with E-state index < -0.39 is 0 Å². The van der Waals surface area contributed by atoms with Gasteiger partial charge in [-0.1, -0.05) is 24.3 Å². The van der Waals surface area contributed by atoms with Crippen LogP contribution in [-0.4, -0.2) is 48.3 Å². The van der Waals surface area contributed by atoms with E-state index in [-0.39, 0.29) is 29.9 Å². The Morgan fingerprint density at radius 3 is 2.50 bits per heavy atom. The van der Waals surface area contributed by atoms with Crippen molar-refractivity contribution in [1.82, 2.24) is 15.1 Å². The lowest BCUT2D eigenvalue weighted by molar-refractivity contribution is -0.128. The Morgan fingerprint density at radius 2 is 1.91 bits per heavy atom. The highest BCUT2D eigenvalue weighted by Gasteiger charge is 2.19. The Morgan fingerprint density at radius 1 is 1.18 bits per heavy atom. The highest BCUT2D eigenvalue weighted by molar-refractivity contribution is 14.0. The van der Waals surface area contributed by atoms with Crippen molar-refractivity contribution in [2.45, 2.75) is 25.9 Å². The molecule has 0 unspecified atom stereocenters. The van der Waals surface area contributed by atoms with E-state index in [1.165, 1.54) is 11.1 Å². The quantitative estimate of drug-likeness (QED) is 0.765. The van der Waals surface area contributed by atoms with Crippen molar-refractivity contribution in [3.8, 4) is 0 Å². The predicted octanol–water partition coefficient (Wildman–Crippen LogP) is 1.82. The van der Waals surface area contributed by atoms with Gasteiger partial charge in [-0.3, -0.25) is 9.79 Å². The summed E-state index contributed by atoms with van der Waals surface area (Å²) in [5, 5.41) is 3.36. The van der Waals surface area contributed by atoms with Crippen molar-refractivity contribution in [2.24, 2.45) is 4.99 Å². The summed E-state index contributed by atoms with van der Waals surface area (Å²) in [5.41, 5.74) is 2.43. The predicted molar refractivity (Wildman–Crippen MR) is 98.3 cm³/mol. The zero-order chi connectivity index (χ0) is 14.7. The number of hydrogen-bond acceptors (Lipinski definition) is 4. The highest BCUT2D eigenvalue weighted by atomic mass is 127. The summed E-state index contributed by atoms with van der Waals surface area (Å²) in [6, 6.07) is 8.47. The minimum absolute atomic E-state index is 0. The van der Waals surface area contributed by atoms with E-state index in [9.17, 15) is 4.79 Å². The number of carbonyl (C=O) groups is 1. The van der Waals surface area contributed by atoms with Gasteiger partial charge in [-0.2, -0.15) is 0 Å². The summed E-state index contributed by atoms with van der Waals surface area (Å²) in [4.78, 5) is 20.1. The minimum Gasteiger partial charge on any atom is -0.352 e. The molecule has 1 aromatic rings. The third kappa shape index (κ3) is 4.12. The van der Waals surface area contributed by atoms with Crippen molar-refractivity contribution in [1.29, 1.82) is 0 Å². The molecule has 6 heteroatoms. The van der Waals surface area contributed by atoms with Gasteiger partial charge in [0, 0.05) is 39.6 Å². The number of benzene rings is 1. The van der Waals surface area contributed by atoms with Gasteiger partial charge in [0.1, 0.15) is 0 Å². The van der Waals surface area contributed by atoms with Gasteiger partial charge in [0.15, 0.2) is 5.96 Å². The maximum Gasteiger partial charge on any atom is 0.222 e. The van der Waals surface area contributed by atoms with Crippen molar-refractivity contribution in [2.75, 3.05) is 26.7 Å². The summed E-state index contributed by atoms with van der Waals surface area (Å²) >= 11 is 0. The Balaban J connectivity index is 0.00000176. The Bertz CT molecular complexity index is 544. The molecule has 22 heavy (non-hydrogen) atoms. The van der Waals surface area contributed by atoms with Crippen molar-refractivity contribution in [3.05, 3.63) is 35.4 Å². The Hall–Kier alpha value is -1.31. The zero-order valence-electron chi connectivity index (χ0n) is 12.9. The average molecular weight is 414 g/mol. The van der Waals surface area contributed by atoms with Crippen LogP contribution in [-0.2, 0) is 17.9 Å². The molecular weight excluding hydrogens is 391 g/mol. The van der Waals surface area contributed by atoms with Crippen LogP contribution in [0.25, 0.3) is 0 Å². The summed E-state index contributed by atoms with van der Waals surface area (Å²) in [6.45, 7) is 4.29. The molecule has 0 bridgehead atoms. The molecule has 2 aliphatic heterocycles. The van der Waals surface area contributed by atoms with E-state index in [0.29, 0.717) is 6.42 Å². The van der Waals surface area contributed by atoms with Crippen LogP contribution in [0.1, 0.15) is 24.0 Å². The third-order valence-electron chi connectivity index (χ3n) is 4.08. The van der Waals surface area contributed by atoms with Gasteiger partial charge < -0.3 is 15.1 Å². The van der Waals surface area contributed by atoms with Gasteiger partial charge in [0.2, 0.25) is 5.91 Å². The summed E-state index contributed by atoms with van der Waals surface area (Å²) < 4.78 is 0. The molecule has 2 heterocycles. The second-order valence-corrected chi connectivity index (χ2v) is 5.72. The molecule has 120 valence electrons. The van der Waals surface area contributed by atoms with Crippen molar-refractivity contribution >= 4 is 35.8 Å². The molecule has 1 N–H and O–H groups in total. The molecule has 0 saturated carbocycles. The first-order valence-electron chi connectivity index (χ1n) is 7.57. The zero-order valence-corrected chi connectivity index (χ0v) is 15.2. The molecule has 0 aromatic heterocycles. The molecule has 1 amide bonds. The molecule has 0 aliphatic carbocycles. The van der Waals surface area contributed by atoms with Crippen LogP contribution in [0.15, 0.2) is 29.3 Å². The molecule has 1 saturated heterocycles. The Labute approximate surface area is 148 Å². The van der Waals surface area contributed by atoms with Crippen LogP contribution in [0.3, 0.4) is 0 Å². The van der Waals surface area contributed by atoms with Gasteiger partial charge in [0.25, 0.3) is 0 Å². The average Bonchev–Trinajstić information content (AvgIpc) is 3.08. The lowest BCUT2D eigenvalue weighted by atomic mass is 10.1. The van der Waals surface area contributed by atoms with Crippen LogP contribution in [0.5, 0.6) is 0 Å². The second kappa shape index (κ2) is 7.80. The first kappa shape index (κ1) is 17.1. The van der Waals surface area contributed by atoms with Gasteiger partial charge in [-0.25, -0.2) is 0 Å².